The summed E-state index contributed by atoms with van der Waals surface area (Å²) in [6, 6.07) is 86.5. The van der Waals surface area contributed by atoms with Crippen LogP contribution in [0.1, 0.15) is 34.2 Å². The number of aryl methyl sites for hydroxylation is 5. The second-order valence-corrected chi connectivity index (χ2v) is 20.3. The number of anilines is 8. The van der Waals surface area contributed by atoms with Crippen molar-refractivity contribution in [2.24, 2.45) is 0 Å². The van der Waals surface area contributed by atoms with Gasteiger partial charge in [-0.3, -0.25) is 0 Å². The summed E-state index contributed by atoms with van der Waals surface area (Å²) in [4.78, 5) is 7.09. The lowest BCUT2D eigenvalue weighted by Gasteiger charge is -2.33. The standard InChI is InChI=1S/C73H63N3O/c1-51-10-20-57(21-11-51)61-28-38-66(39-29-61)74(67-40-30-62(31-41-67)58-22-12-52(2)13-23-58)71-47-72(49-73(48-71)76(65-36-18-55(5)19-37-65)70-9-7-6-8-56(46-70)50-77)75(68-42-32-63(33-43-68)59-24-14-53(3)15-25-59)69-44-34-64(35-45-69)60-26-16-54(4)17-27-60/h7-49,77H,6,50H2,1-5H3. The minimum atomic E-state index is -0.0614. The Hall–Kier alpha value is -9.22. The van der Waals surface area contributed by atoms with Crippen LogP contribution in [0.15, 0.2) is 272 Å². The minimum Gasteiger partial charge on any atom is -0.392 e. The van der Waals surface area contributed by atoms with Gasteiger partial charge >= 0.3 is 0 Å². The molecule has 0 heterocycles. The topological polar surface area (TPSA) is 30.0 Å². The lowest BCUT2D eigenvalue weighted by molar-refractivity contribution is 0.334. The number of allylic oxidation sites excluding steroid dienone is 3. The fourth-order valence-electron chi connectivity index (χ4n) is 10.2. The lowest BCUT2D eigenvalue weighted by atomic mass is 10.0. The first-order valence-electron chi connectivity index (χ1n) is 26.6. The molecule has 0 saturated heterocycles. The fraction of sp³-hybridized carbons (Fsp3) is 0.0959. The predicted octanol–water partition coefficient (Wildman–Crippen LogP) is 19.7. The third-order valence-corrected chi connectivity index (χ3v) is 14.6. The molecule has 0 radical (unpaired) electrons. The Morgan fingerprint density at radius 3 is 0.818 bits per heavy atom. The van der Waals surface area contributed by atoms with Crippen LogP contribution in [0.5, 0.6) is 0 Å². The summed E-state index contributed by atoms with van der Waals surface area (Å²) in [6.45, 7) is 10.6. The van der Waals surface area contributed by atoms with Gasteiger partial charge in [0.25, 0.3) is 0 Å². The van der Waals surface area contributed by atoms with E-state index in [1.54, 1.807) is 0 Å². The number of benzene rings is 10. The van der Waals surface area contributed by atoms with Gasteiger partial charge in [0, 0.05) is 34.1 Å². The van der Waals surface area contributed by atoms with Crippen LogP contribution in [-0.2, 0) is 0 Å². The van der Waals surface area contributed by atoms with Crippen molar-refractivity contribution in [1.29, 1.82) is 0 Å². The molecule has 1 aliphatic carbocycles. The molecule has 10 aromatic carbocycles. The summed E-state index contributed by atoms with van der Waals surface area (Å²) >= 11 is 0. The molecule has 0 amide bonds. The minimum absolute atomic E-state index is 0.0614. The van der Waals surface area contributed by atoms with Crippen molar-refractivity contribution in [3.8, 4) is 44.5 Å². The van der Waals surface area contributed by atoms with E-state index >= 15 is 0 Å². The molecule has 0 bridgehead atoms. The Bertz CT molecular complexity index is 3340. The second-order valence-electron chi connectivity index (χ2n) is 20.3. The maximum atomic E-state index is 10.7. The van der Waals surface area contributed by atoms with Gasteiger partial charge in [0.05, 0.1) is 23.7 Å². The van der Waals surface area contributed by atoms with E-state index in [-0.39, 0.29) is 6.61 Å². The van der Waals surface area contributed by atoms with Crippen LogP contribution in [0.25, 0.3) is 44.5 Å². The maximum Gasteiger partial charge on any atom is 0.0679 e. The molecule has 4 heteroatoms. The molecule has 0 spiro atoms. The van der Waals surface area contributed by atoms with Gasteiger partial charge in [0.15, 0.2) is 0 Å². The molecule has 0 fully saturated rings. The van der Waals surface area contributed by atoms with E-state index < -0.39 is 0 Å². The Morgan fingerprint density at radius 2 is 0.532 bits per heavy atom. The number of rotatable bonds is 14. The number of nitrogens with zero attached hydrogens (tertiary/aromatic N) is 3. The smallest absolute Gasteiger partial charge is 0.0679 e. The number of hydrogen-bond donors (Lipinski definition) is 1. The van der Waals surface area contributed by atoms with Gasteiger partial charge in [0.1, 0.15) is 0 Å². The highest BCUT2D eigenvalue weighted by Gasteiger charge is 2.24. The fourth-order valence-corrected chi connectivity index (χ4v) is 10.2. The molecule has 0 aromatic heterocycles. The highest BCUT2D eigenvalue weighted by atomic mass is 16.3. The molecule has 10 aromatic rings. The van der Waals surface area contributed by atoms with Crippen LogP contribution in [0.4, 0.5) is 45.5 Å². The molecule has 11 rings (SSSR count). The van der Waals surface area contributed by atoms with Crippen LogP contribution >= 0.6 is 0 Å². The molecule has 1 aliphatic rings. The third-order valence-electron chi connectivity index (χ3n) is 14.6. The largest absolute Gasteiger partial charge is 0.392 e. The Balaban J connectivity index is 1.16. The van der Waals surface area contributed by atoms with Crippen LogP contribution in [0.3, 0.4) is 0 Å². The highest BCUT2D eigenvalue weighted by molar-refractivity contribution is 5.90. The van der Waals surface area contributed by atoms with Crippen LogP contribution in [0, 0.1) is 34.6 Å². The molecule has 0 atom stereocenters. The van der Waals surface area contributed by atoms with Crippen LogP contribution in [-0.4, -0.2) is 11.7 Å². The SMILES string of the molecule is Cc1ccc(-c2ccc(N(c3ccc(-c4ccc(C)cc4)cc3)c3cc(N(C4=CC(CO)=CCC=C4)c4ccc(C)cc4)cc(N(c4ccc(-c5ccc(C)cc5)cc4)c4ccc(-c5ccc(C)cc5)cc4)c3)cc2)cc1. The molecular weight excluding hydrogens is 935 g/mol. The zero-order valence-corrected chi connectivity index (χ0v) is 44.5. The summed E-state index contributed by atoms with van der Waals surface area (Å²) in [5.41, 5.74) is 25.2. The number of hydrogen-bond acceptors (Lipinski definition) is 4. The van der Waals surface area contributed by atoms with Gasteiger partial charge in [-0.15, -0.1) is 0 Å². The maximum absolute atomic E-state index is 10.7. The quantitative estimate of drug-likeness (QED) is 0.118. The monoisotopic (exact) mass is 997 g/mol. The van der Waals surface area contributed by atoms with E-state index in [4.69, 9.17) is 0 Å². The van der Waals surface area contributed by atoms with E-state index in [1.807, 2.05) is 0 Å². The highest BCUT2D eigenvalue weighted by Crippen LogP contribution is 2.46. The van der Waals surface area contributed by atoms with Crippen molar-refractivity contribution >= 4 is 45.5 Å². The van der Waals surface area contributed by atoms with Crippen molar-refractivity contribution in [2.75, 3.05) is 21.3 Å². The van der Waals surface area contributed by atoms with Crippen molar-refractivity contribution in [3.63, 3.8) is 0 Å². The molecule has 376 valence electrons. The first kappa shape index (κ1) is 50.0. The zero-order chi connectivity index (χ0) is 52.8. The van der Waals surface area contributed by atoms with E-state index in [0.717, 1.165) is 85.4 Å². The van der Waals surface area contributed by atoms with Crippen LogP contribution in [0.2, 0.25) is 0 Å². The van der Waals surface area contributed by atoms with Crippen molar-refractivity contribution in [2.45, 2.75) is 41.0 Å². The van der Waals surface area contributed by atoms with Crippen molar-refractivity contribution in [3.05, 3.63) is 300 Å². The Morgan fingerprint density at radius 1 is 0.299 bits per heavy atom. The molecule has 1 N–H and O–H groups in total. The first-order chi connectivity index (χ1) is 37.6. The van der Waals surface area contributed by atoms with Crippen LogP contribution < -0.4 is 14.7 Å². The second kappa shape index (κ2) is 22.3. The third kappa shape index (κ3) is 11.3. The summed E-state index contributed by atoms with van der Waals surface area (Å²) in [6.07, 6.45) is 9.30. The average Bonchev–Trinajstić information content (AvgIpc) is 3.73. The Kier molecular flexibility index (Phi) is 14.5. The van der Waals surface area contributed by atoms with Gasteiger partial charge in [-0.2, -0.15) is 0 Å². The van der Waals surface area contributed by atoms with E-state index in [0.29, 0.717) is 0 Å². The van der Waals surface area contributed by atoms with Gasteiger partial charge in [-0.05, 0) is 182 Å². The molecule has 0 saturated carbocycles. The normalized spacial score (nSPS) is 12.1. The van der Waals surface area contributed by atoms with Crippen molar-refractivity contribution in [1.82, 2.24) is 0 Å². The van der Waals surface area contributed by atoms with E-state index in [1.165, 1.54) is 50.1 Å². The first-order valence-corrected chi connectivity index (χ1v) is 26.6. The lowest BCUT2D eigenvalue weighted by Crippen LogP contribution is -2.19. The molecule has 0 aliphatic heterocycles. The predicted molar refractivity (Wildman–Crippen MR) is 327 cm³/mol. The van der Waals surface area contributed by atoms with E-state index in [9.17, 15) is 5.11 Å². The molecule has 4 nitrogen and oxygen atoms in total. The number of aliphatic hydroxyl groups is 1. The van der Waals surface area contributed by atoms with E-state index in [2.05, 4.69) is 310 Å². The summed E-state index contributed by atoms with van der Waals surface area (Å²) < 4.78 is 0. The van der Waals surface area contributed by atoms with Gasteiger partial charge < -0.3 is 19.8 Å². The Labute approximate surface area is 455 Å². The van der Waals surface area contributed by atoms with Gasteiger partial charge in [0.2, 0.25) is 0 Å². The molecule has 0 unspecified atom stereocenters. The van der Waals surface area contributed by atoms with Gasteiger partial charge in [-0.1, -0.05) is 198 Å². The average molecular weight is 998 g/mol. The van der Waals surface area contributed by atoms with Gasteiger partial charge in [-0.25, -0.2) is 0 Å². The zero-order valence-electron chi connectivity index (χ0n) is 44.5. The summed E-state index contributed by atoms with van der Waals surface area (Å²) in [5.74, 6) is 0. The molecule has 77 heavy (non-hydrogen) atoms. The number of aliphatic hydroxyl groups excluding tert-OH is 1. The summed E-state index contributed by atoms with van der Waals surface area (Å²) in [5, 5.41) is 10.7. The van der Waals surface area contributed by atoms with Crippen molar-refractivity contribution < 1.29 is 5.11 Å². The molecular formula is C73H63N3O. The summed E-state index contributed by atoms with van der Waals surface area (Å²) in [7, 11) is 0.